The number of benzene rings is 1. The highest BCUT2D eigenvalue weighted by atomic mass is 35.5. The Hall–Kier alpha value is -1.81. The average Bonchev–Trinajstić information content (AvgIpc) is 2.38. The fourth-order valence-electron chi connectivity index (χ4n) is 1.77. The summed E-state index contributed by atoms with van der Waals surface area (Å²) in [7, 11) is 0. The summed E-state index contributed by atoms with van der Waals surface area (Å²) in [6, 6.07) is 5.02. The van der Waals surface area contributed by atoms with Crippen LogP contribution in [0, 0.1) is 6.92 Å². The lowest BCUT2D eigenvalue weighted by Crippen LogP contribution is -2.37. The van der Waals surface area contributed by atoms with E-state index >= 15 is 0 Å². The van der Waals surface area contributed by atoms with Crippen molar-refractivity contribution < 1.29 is 14.3 Å². The minimum Gasteiger partial charge on any atom is -0.465 e. The molecule has 0 unspecified atom stereocenters. The maximum Gasteiger partial charge on any atom is 0.325 e. The molecule has 20 heavy (non-hydrogen) atoms. The molecule has 1 amide bonds. The van der Waals surface area contributed by atoms with Crippen molar-refractivity contribution in [3.8, 4) is 0 Å². The van der Waals surface area contributed by atoms with Gasteiger partial charge in [-0.2, -0.15) is 0 Å². The topological polar surface area (TPSA) is 46.6 Å². The molecule has 0 atom stereocenters. The Labute approximate surface area is 124 Å². The number of amides is 1. The zero-order valence-corrected chi connectivity index (χ0v) is 12.4. The van der Waals surface area contributed by atoms with Gasteiger partial charge < -0.3 is 9.64 Å². The summed E-state index contributed by atoms with van der Waals surface area (Å²) in [5, 5.41) is 0.569. The Morgan fingerprint density at radius 2 is 2.15 bits per heavy atom. The Morgan fingerprint density at radius 3 is 2.70 bits per heavy atom. The zero-order chi connectivity index (χ0) is 15.1. The quantitative estimate of drug-likeness (QED) is 0.599. The standard InChI is InChI=1S/C15H18ClNO3/c1-4-8-17(10-14(18)20-5-2)15(19)13-7-6-12(16)9-11(13)3/h4,6-7,9H,1,5,8,10H2,2-3H3. The van der Waals surface area contributed by atoms with Gasteiger partial charge >= 0.3 is 5.97 Å². The molecule has 108 valence electrons. The van der Waals surface area contributed by atoms with Crippen molar-refractivity contribution in [1.82, 2.24) is 4.90 Å². The second-order valence-corrected chi connectivity index (χ2v) is 4.68. The maximum atomic E-state index is 12.4. The lowest BCUT2D eigenvalue weighted by Gasteiger charge is -2.21. The van der Waals surface area contributed by atoms with Crippen LogP contribution in [0.15, 0.2) is 30.9 Å². The fraction of sp³-hybridized carbons (Fsp3) is 0.333. The molecule has 0 aliphatic rings. The molecule has 0 radical (unpaired) electrons. The summed E-state index contributed by atoms with van der Waals surface area (Å²) in [6.07, 6.45) is 1.57. The van der Waals surface area contributed by atoms with Gasteiger partial charge in [0.05, 0.1) is 6.61 Å². The molecular formula is C15H18ClNO3. The Bertz CT molecular complexity index is 514. The monoisotopic (exact) mass is 295 g/mol. The second-order valence-electron chi connectivity index (χ2n) is 4.24. The number of hydrogen-bond acceptors (Lipinski definition) is 3. The van der Waals surface area contributed by atoms with Gasteiger partial charge in [0.25, 0.3) is 5.91 Å². The number of rotatable bonds is 6. The maximum absolute atomic E-state index is 12.4. The van der Waals surface area contributed by atoms with Gasteiger partial charge in [-0.1, -0.05) is 17.7 Å². The van der Waals surface area contributed by atoms with Gasteiger partial charge in [0.2, 0.25) is 0 Å². The SMILES string of the molecule is C=CCN(CC(=O)OCC)C(=O)c1ccc(Cl)cc1C. The summed E-state index contributed by atoms with van der Waals surface area (Å²) < 4.78 is 4.87. The second kappa shape index (κ2) is 7.70. The molecule has 4 nitrogen and oxygen atoms in total. The van der Waals surface area contributed by atoms with Crippen LogP contribution in [-0.4, -0.2) is 36.5 Å². The predicted molar refractivity (Wildman–Crippen MR) is 78.9 cm³/mol. The molecule has 0 bridgehead atoms. The number of carbonyl (C=O) groups excluding carboxylic acids is 2. The highest BCUT2D eigenvalue weighted by molar-refractivity contribution is 6.30. The fourth-order valence-corrected chi connectivity index (χ4v) is 2.00. The number of aryl methyl sites for hydroxylation is 1. The van der Waals surface area contributed by atoms with E-state index in [1.807, 2.05) is 0 Å². The van der Waals surface area contributed by atoms with Crippen LogP contribution >= 0.6 is 11.6 Å². The van der Waals surface area contributed by atoms with Gasteiger partial charge in [0.1, 0.15) is 6.54 Å². The first-order chi connectivity index (χ1) is 9.49. The molecule has 0 saturated carbocycles. The number of hydrogen-bond donors (Lipinski definition) is 0. The number of carbonyl (C=O) groups is 2. The van der Waals surface area contributed by atoms with E-state index in [4.69, 9.17) is 16.3 Å². The van der Waals surface area contributed by atoms with Crippen molar-refractivity contribution in [2.24, 2.45) is 0 Å². The summed E-state index contributed by atoms with van der Waals surface area (Å²) in [4.78, 5) is 25.4. The van der Waals surface area contributed by atoms with Crippen LogP contribution in [0.2, 0.25) is 5.02 Å². The van der Waals surface area contributed by atoms with Crippen LogP contribution in [0.4, 0.5) is 0 Å². The van der Waals surface area contributed by atoms with E-state index in [0.717, 1.165) is 5.56 Å². The third-order valence-corrected chi connectivity index (χ3v) is 2.92. The molecule has 0 aliphatic heterocycles. The van der Waals surface area contributed by atoms with Crippen molar-refractivity contribution in [3.63, 3.8) is 0 Å². The lowest BCUT2D eigenvalue weighted by molar-refractivity contribution is -0.143. The molecule has 1 rings (SSSR count). The Morgan fingerprint density at radius 1 is 1.45 bits per heavy atom. The molecule has 0 N–H and O–H groups in total. The molecule has 0 aromatic heterocycles. The predicted octanol–water partition coefficient (Wildman–Crippen LogP) is 2.84. The molecule has 0 aliphatic carbocycles. The largest absolute Gasteiger partial charge is 0.465 e. The van der Waals surface area contributed by atoms with E-state index in [0.29, 0.717) is 10.6 Å². The van der Waals surface area contributed by atoms with Crippen molar-refractivity contribution in [3.05, 3.63) is 47.0 Å². The smallest absolute Gasteiger partial charge is 0.325 e. The van der Waals surface area contributed by atoms with Crippen molar-refractivity contribution in [1.29, 1.82) is 0 Å². The summed E-state index contributed by atoms with van der Waals surface area (Å²) >= 11 is 5.87. The number of nitrogens with zero attached hydrogens (tertiary/aromatic N) is 1. The van der Waals surface area contributed by atoms with E-state index in [1.54, 1.807) is 38.1 Å². The van der Waals surface area contributed by atoms with E-state index < -0.39 is 5.97 Å². The minimum absolute atomic E-state index is 0.0965. The molecule has 0 saturated heterocycles. The van der Waals surface area contributed by atoms with Crippen molar-refractivity contribution in [2.75, 3.05) is 19.7 Å². The van der Waals surface area contributed by atoms with Crippen LogP contribution in [0.25, 0.3) is 0 Å². The molecule has 0 heterocycles. The molecule has 1 aromatic carbocycles. The summed E-state index contributed by atoms with van der Waals surface area (Å²) in [6.45, 7) is 7.59. The van der Waals surface area contributed by atoms with Gasteiger partial charge in [-0.15, -0.1) is 6.58 Å². The van der Waals surface area contributed by atoms with Crippen LogP contribution in [0.1, 0.15) is 22.8 Å². The summed E-state index contributed by atoms with van der Waals surface area (Å²) in [5.74, 6) is -0.679. The van der Waals surface area contributed by atoms with Crippen molar-refractivity contribution >= 4 is 23.5 Å². The zero-order valence-electron chi connectivity index (χ0n) is 11.7. The van der Waals surface area contributed by atoms with Crippen LogP contribution < -0.4 is 0 Å². The Kier molecular flexibility index (Phi) is 6.25. The van der Waals surface area contributed by atoms with Crippen LogP contribution in [0.5, 0.6) is 0 Å². The van der Waals surface area contributed by atoms with Crippen molar-refractivity contribution in [2.45, 2.75) is 13.8 Å². The van der Waals surface area contributed by atoms with Gasteiger partial charge in [0.15, 0.2) is 0 Å². The molecule has 0 spiro atoms. The molecule has 0 fully saturated rings. The van der Waals surface area contributed by atoms with E-state index in [9.17, 15) is 9.59 Å². The number of halogens is 1. The first-order valence-corrected chi connectivity index (χ1v) is 6.69. The first kappa shape index (κ1) is 16.2. The lowest BCUT2D eigenvalue weighted by atomic mass is 10.1. The highest BCUT2D eigenvalue weighted by Crippen LogP contribution is 2.17. The normalized spacial score (nSPS) is 9.95. The molecular weight excluding hydrogens is 278 g/mol. The summed E-state index contributed by atoms with van der Waals surface area (Å²) in [5.41, 5.74) is 1.28. The van der Waals surface area contributed by atoms with Crippen LogP contribution in [-0.2, 0) is 9.53 Å². The minimum atomic E-state index is -0.436. The van der Waals surface area contributed by atoms with E-state index in [2.05, 4.69) is 6.58 Å². The van der Waals surface area contributed by atoms with E-state index in [1.165, 1.54) is 4.90 Å². The average molecular weight is 296 g/mol. The van der Waals surface area contributed by atoms with Crippen LogP contribution in [0.3, 0.4) is 0 Å². The third-order valence-electron chi connectivity index (χ3n) is 2.68. The Balaban J connectivity index is 2.93. The van der Waals surface area contributed by atoms with Gasteiger partial charge in [0, 0.05) is 17.1 Å². The first-order valence-electron chi connectivity index (χ1n) is 6.31. The third kappa shape index (κ3) is 4.38. The number of esters is 1. The molecule has 1 aromatic rings. The van der Waals surface area contributed by atoms with E-state index in [-0.39, 0.29) is 25.6 Å². The highest BCUT2D eigenvalue weighted by Gasteiger charge is 2.19. The van der Waals surface area contributed by atoms with Gasteiger partial charge in [-0.05, 0) is 37.6 Å². The number of ether oxygens (including phenoxy) is 1. The molecule has 5 heteroatoms. The van der Waals surface area contributed by atoms with Gasteiger partial charge in [-0.25, -0.2) is 0 Å². The van der Waals surface area contributed by atoms with Gasteiger partial charge in [-0.3, -0.25) is 9.59 Å².